The topological polar surface area (TPSA) is 94.6 Å². The lowest BCUT2D eigenvalue weighted by Gasteiger charge is -2.04. The number of carbonyl (C=O) groups excluding carboxylic acids is 1. The quantitative estimate of drug-likeness (QED) is 0.656. The average molecular weight is 437 g/mol. The zero-order valence-electron chi connectivity index (χ0n) is 14.2. The van der Waals surface area contributed by atoms with Crippen molar-refractivity contribution in [3.63, 3.8) is 0 Å². The van der Waals surface area contributed by atoms with Crippen molar-refractivity contribution in [2.75, 3.05) is 17.9 Å². The number of ether oxygens (including phenoxy) is 2. The van der Waals surface area contributed by atoms with E-state index in [4.69, 9.17) is 21.1 Å². The van der Waals surface area contributed by atoms with Gasteiger partial charge in [0.25, 0.3) is 0 Å². The molecule has 1 amide bonds. The van der Waals surface area contributed by atoms with Gasteiger partial charge >= 0.3 is 0 Å². The van der Waals surface area contributed by atoms with E-state index in [2.05, 4.69) is 10.3 Å². The summed E-state index contributed by atoms with van der Waals surface area (Å²) in [5, 5.41) is 5.02. The van der Waals surface area contributed by atoms with Crippen LogP contribution < -0.4 is 14.8 Å². The third kappa shape index (κ3) is 3.96. The molecule has 0 atom stereocenters. The van der Waals surface area contributed by atoms with Gasteiger partial charge in [0.2, 0.25) is 12.7 Å². The number of hydrogen-bond donors (Lipinski definition) is 1. The smallest absolute Gasteiger partial charge is 0.241 e. The fraction of sp³-hybridized carbons (Fsp3) is 0.111. The standard InChI is InChI=1S/C18H13ClN2O5S2/c19-12-2-4-13(5-3-12)28(23,24)9-17(22)21-18-20-14(8-27-18)11-1-6-15-16(7-11)26-10-25-15/h1-8H,9-10H2,(H,20,21,22). The maximum Gasteiger partial charge on any atom is 0.241 e. The second-order valence-electron chi connectivity index (χ2n) is 5.87. The molecular formula is C18H13ClN2O5S2. The number of thiazole rings is 1. The Morgan fingerprint density at radius 2 is 1.89 bits per heavy atom. The molecule has 0 aliphatic carbocycles. The van der Waals surface area contributed by atoms with Crippen LogP contribution in [0.15, 0.2) is 52.7 Å². The van der Waals surface area contributed by atoms with Gasteiger partial charge in [0.05, 0.1) is 10.6 Å². The van der Waals surface area contributed by atoms with Gasteiger partial charge in [-0.1, -0.05) is 11.6 Å². The highest BCUT2D eigenvalue weighted by atomic mass is 35.5. The third-order valence-electron chi connectivity index (χ3n) is 3.91. The monoisotopic (exact) mass is 436 g/mol. The third-order valence-corrected chi connectivity index (χ3v) is 6.56. The van der Waals surface area contributed by atoms with Crippen molar-refractivity contribution in [3.05, 3.63) is 52.9 Å². The Balaban J connectivity index is 1.45. The molecule has 0 saturated heterocycles. The van der Waals surface area contributed by atoms with E-state index in [0.717, 1.165) is 5.56 Å². The fourth-order valence-electron chi connectivity index (χ4n) is 2.57. The number of halogens is 1. The van der Waals surface area contributed by atoms with Crippen molar-refractivity contribution in [2.24, 2.45) is 0 Å². The Morgan fingerprint density at radius 3 is 2.68 bits per heavy atom. The number of rotatable bonds is 5. The molecular weight excluding hydrogens is 424 g/mol. The van der Waals surface area contributed by atoms with Gasteiger partial charge in [-0.2, -0.15) is 0 Å². The first-order chi connectivity index (χ1) is 13.4. The maximum absolute atomic E-state index is 12.3. The number of nitrogens with zero attached hydrogens (tertiary/aromatic N) is 1. The van der Waals surface area contributed by atoms with Crippen molar-refractivity contribution in [3.8, 4) is 22.8 Å². The number of carbonyl (C=O) groups is 1. The molecule has 4 rings (SSSR count). The van der Waals surface area contributed by atoms with E-state index >= 15 is 0 Å². The maximum atomic E-state index is 12.3. The molecule has 2 heterocycles. The van der Waals surface area contributed by atoms with E-state index in [-0.39, 0.29) is 11.7 Å². The second-order valence-corrected chi connectivity index (χ2v) is 9.15. The predicted octanol–water partition coefficient (Wildman–Crippen LogP) is 3.60. The molecule has 28 heavy (non-hydrogen) atoms. The zero-order chi connectivity index (χ0) is 19.7. The van der Waals surface area contributed by atoms with Crippen LogP contribution in [-0.2, 0) is 14.6 Å². The van der Waals surface area contributed by atoms with Gasteiger partial charge in [-0.05, 0) is 42.5 Å². The van der Waals surface area contributed by atoms with Crippen LogP contribution in [0.4, 0.5) is 5.13 Å². The highest BCUT2D eigenvalue weighted by Crippen LogP contribution is 2.36. The second kappa shape index (κ2) is 7.42. The number of benzene rings is 2. The number of fused-ring (bicyclic) bond motifs is 1. The molecule has 3 aromatic rings. The molecule has 2 aromatic carbocycles. The van der Waals surface area contributed by atoms with E-state index in [1.54, 1.807) is 17.5 Å². The van der Waals surface area contributed by atoms with Crippen molar-refractivity contribution in [1.82, 2.24) is 4.98 Å². The predicted molar refractivity (Wildman–Crippen MR) is 106 cm³/mol. The van der Waals surface area contributed by atoms with Crippen LogP contribution in [0.2, 0.25) is 5.02 Å². The van der Waals surface area contributed by atoms with E-state index < -0.39 is 21.5 Å². The summed E-state index contributed by atoms with van der Waals surface area (Å²) >= 11 is 6.97. The number of sulfone groups is 1. The fourth-order valence-corrected chi connectivity index (χ4v) is 4.57. The van der Waals surface area contributed by atoms with Crippen LogP contribution in [0.5, 0.6) is 11.5 Å². The Bertz CT molecular complexity index is 1140. The van der Waals surface area contributed by atoms with Crippen LogP contribution >= 0.6 is 22.9 Å². The Kier molecular flexibility index (Phi) is 4.96. The van der Waals surface area contributed by atoms with Crippen LogP contribution in [0.25, 0.3) is 11.3 Å². The Labute approximate surface area is 169 Å². The molecule has 1 N–H and O–H groups in total. The van der Waals surface area contributed by atoms with Gasteiger partial charge in [-0.25, -0.2) is 13.4 Å². The molecule has 10 heteroatoms. The van der Waals surface area contributed by atoms with Gasteiger partial charge in [0.1, 0.15) is 5.75 Å². The van der Waals surface area contributed by atoms with Crippen molar-refractivity contribution in [2.45, 2.75) is 4.90 Å². The summed E-state index contributed by atoms with van der Waals surface area (Å²) in [6, 6.07) is 11.1. The molecule has 1 aliphatic rings. The van der Waals surface area contributed by atoms with Gasteiger partial charge in [-0.15, -0.1) is 11.3 Å². The number of aromatic nitrogens is 1. The summed E-state index contributed by atoms with van der Waals surface area (Å²) in [5.41, 5.74) is 1.44. The number of amides is 1. The molecule has 1 aromatic heterocycles. The van der Waals surface area contributed by atoms with Gasteiger partial charge in [-0.3, -0.25) is 4.79 Å². The molecule has 0 fully saturated rings. The SMILES string of the molecule is O=C(CS(=O)(=O)c1ccc(Cl)cc1)Nc1nc(-c2ccc3c(c2)OCO3)cs1. The minimum absolute atomic E-state index is 0.0345. The largest absolute Gasteiger partial charge is 0.454 e. The number of anilines is 1. The normalized spacial score (nSPS) is 12.8. The summed E-state index contributed by atoms with van der Waals surface area (Å²) in [7, 11) is -3.77. The molecule has 0 spiro atoms. The van der Waals surface area contributed by atoms with E-state index in [1.165, 1.54) is 35.6 Å². The first-order valence-corrected chi connectivity index (χ1v) is 11.0. The molecule has 0 saturated carbocycles. The molecule has 144 valence electrons. The average Bonchev–Trinajstić information content (AvgIpc) is 3.30. The minimum atomic E-state index is -3.77. The van der Waals surface area contributed by atoms with E-state index in [9.17, 15) is 13.2 Å². The molecule has 0 bridgehead atoms. The lowest BCUT2D eigenvalue weighted by molar-refractivity contribution is -0.113. The Morgan fingerprint density at radius 1 is 1.14 bits per heavy atom. The molecule has 7 nitrogen and oxygen atoms in total. The molecule has 0 radical (unpaired) electrons. The van der Waals surface area contributed by atoms with Crippen LogP contribution in [0, 0.1) is 0 Å². The summed E-state index contributed by atoms with van der Waals surface area (Å²) in [6.07, 6.45) is 0. The van der Waals surface area contributed by atoms with Crippen LogP contribution in [-0.4, -0.2) is 31.9 Å². The van der Waals surface area contributed by atoms with Crippen LogP contribution in [0.1, 0.15) is 0 Å². The van der Waals surface area contributed by atoms with Crippen molar-refractivity contribution >= 4 is 43.8 Å². The molecule has 0 unspecified atom stereocenters. The summed E-state index contributed by atoms with van der Waals surface area (Å²) in [6.45, 7) is 0.180. The first-order valence-electron chi connectivity index (χ1n) is 8.04. The lowest BCUT2D eigenvalue weighted by Crippen LogP contribution is -2.22. The summed E-state index contributed by atoms with van der Waals surface area (Å²) < 4.78 is 35.3. The first kappa shape index (κ1) is 18.7. The van der Waals surface area contributed by atoms with Crippen molar-refractivity contribution in [1.29, 1.82) is 0 Å². The number of hydrogen-bond acceptors (Lipinski definition) is 7. The zero-order valence-corrected chi connectivity index (χ0v) is 16.6. The van der Waals surface area contributed by atoms with Gasteiger partial charge in [0, 0.05) is 16.0 Å². The van der Waals surface area contributed by atoms with E-state index in [1.807, 2.05) is 6.07 Å². The highest BCUT2D eigenvalue weighted by molar-refractivity contribution is 7.92. The highest BCUT2D eigenvalue weighted by Gasteiger charge is 2.21. The minimum Gasteiger partial charge on any atom is -0.454 e. The van der Waals surface area contributed by atoms with E-state index in [0.29, 0.717) is 27.3 Å². The summed E-state index contributed by atoms with van der Waals surface area (Å²) in [5.74, 6) is -0.0558. The lowest BCUT2D eigenvalue weighted by atomic mass is 10.1. The summed E-state index contributed by atoms with van der Waals surface area (Å²) in [4.78, 5) is 16.6. The number of nitrogens with one attached hydrogen (secondary N) is 1. The Hall–Kier alpha value is -2.62. The van der Waals surface area contributed by atoms with Gasteiger partial charge < -0.3 is 14.8 Å². The van der Waals surface area contributed by atoms with Crippen molar-refractivity contribution < 1.29 is 22.7 Å². The molecule has 1 aliphatic heterocycles. The van der Waals surface area contributed by atoms with Crippen LogP contribution in [0.3, 0.4) is 0 Å². The van der Waals surface area contributed by atoms with Gasteiger partial charge in [0.15, 0.2) is 26.5 Å².